The monoisotopic (exact) mass is 191 g/mol. The van der Waals surface area contributed by atoms with E-state index in [0.29, 0.717) is 11.3 Å². The van der Waals surface area contributed by atoms with Gasteiger partial charge in [0.25, 0.3) is 0 Å². The lowest BCUT2D eigenvalue weighted by Crippen LogP contribution is -2.55. The zero-order valence-corrected chi connectivity index (χ0v) is 8.46. The standard InChI is InChI=1S/C12H17NO/c14-11-5-12(6-13-11)9-2-1-7-3-8(9)10(12)4-7/h7-10H,1-6H2,(H,13,14)/t7-,8-,9+,10-,12-/m1/s1. The van der Waals surface area contributed by atoms with E-state index in [9.17, 15) is 4.79 Å². The fraction of sp³-hybridized carbons (Fsp3) is 0.917. The van der Waals surface area contributed by atoms with Crippen molar-refractivity contribution in [2.75, 3.05) is 6.54 Å². The van der Waals surface area contributed by atoms with E-state index in [-0.39, 0.29) is 0 Å². The van der Waals surface area contributed by atoms with Crippen LogP contribution in [0.5, 0.6) is 0 Å². The average molecular weight is 191 g/mol. The van der Waals surface area contributed by atoms with E-state index in [1.54, 1.807) is 0 Å². The molecule has 3 aliphatic carbocycles. The van der Waals surface area contributed by atoms with Gasteiger partial charge in [0.1, 0.15) is 0 Å². The molecule has 1 N–H and O–H groups in total. The van der Waals surface area contributed by atoms with Gasteiger partial charge in [-0.1, -0.05) is 6.42 Å². The molecule has 0 unspecified atom stereocenters. The fourth-order valence-corrected chi connectivity index (χ4v) is 5.23. The Morgan fingerprint density at radius 3 is 2.93 bits per heavy atom. The third kappa shape index (κ3) is 0.665. The summed E-state index contributed by atoms with van der Waals surface area (Å²) in [5.74, 6) is 4.18. The zero-order valence-electron chi connectivity index (χ0n) is 8.46. The molecule has 1 amide bonds. The number of hydrogen-bond donors (Lipinski definition) is 1. The van der Waals surface area contributed by atoms with Crippen molar-refractivity contribution < 1.29 is 4.79 Å². The van der Waals surface area contributed by atoms with Crippen molar-refractivity contribution in [1.29, 1.82) is 0 Å². The minimum atomic E-state index is 0.318. The molecule has 0 aromatic carbocycles. The number of nitrogens with one attached hydrogen (secondary N) is 1. The van der Waals surface area contributed by atoms with E-state index in [4.69, 9.17) is 0 Å². The first-order valence-corrected chi connectivity index (χ1v) is 6.06. The van der Waals surface area contributed by atoms with Crippen LogP contribution < -0.4 is 5.32 Å². The Hall–Kier alpha value is -0.530. The van der Waals surface area contributed by atoms with Crippen molar-refractivity contribution in [3.05, 3.63) is 0 Å². The van der Waals surface area contributed by atoms with Gasteiger partial charge in [-0.3, -0.25) is 4.79 Å². The summed E-state index contributed by atoms with van der Waals surface area (Å²) in [5, 5.41) is 3.07. The van der Waals surface area contributed by atoms with Gasteiger partial charge in [0, 0.05) is 18.4 Å². The molecule has 5 atom stereocenters. The summed E-state index contributed by atoms with van der Waals surface area (Å²) in [6.07, 6.45) is 6.65. The molecule has 2 heteroatoms. The Morgan fingerprint density at radius 2 is 2.14 bits per heavy atom. The van der Waals surface area contributed by atoms with Gasteiger partial charge in [-0.05, 0) is 42.9 Å². The second kappa shape index (κ2) is 2.17. The molecule has 1 saturated heterocycles. The lowest BCUT2D eigenvalue weighted by atomic mass is 9.46. The Morgan fingerprint density at radius 1 is 1.21 bits per heavy atom. The molecular weight excluding hydrogens is 174 g/mol. The quantitative estimate of drug-likeness (QED) is 0.618. The molecule has 4 aliphatic rings. The van der Waals surface area contributed by atoms with E-state index >= 15 is 0 Å². The highest BCUT2D eigenvalue weighted by Gasteiger charge is 2.67. The maximum absolute atomic E-state index is 11.4. The van der Waals surface area contributed by atoms with Crippen LogP contribution in [0.3, 0.4) is 0 Å². The van der Waals surface area contributed by atoms with Gasteiger partial charge in [-0.15, -0.1) is 0 Å². The van der Waals surface area contributed by atoms with Crippen LogP contribution in [-0.2, 0) is 4.79 Å². The second-order valence-electron chi connectivity index (χ2n) is 5.98. The van der Waals surface area contributed by atoms with Gasteiger partial charge < -0.3 is 5.32 Å². The minimum absolute atomic E-state index is 0.318. The molecule has 1 spiro atoms. The SMILES string of the molecule is O=C1C[C@]2(CN1)[C@@H]1C[C@@H]3CC[C@H]2[C@H]1C3. The third-order valence-electron chi connectivity index (χ3n) is 5.69. The van der Waals surface area contributed by atoms with Crippen molar-refractivity contribution in [3.63, 3.8) is 0 Å². The van der Waals surface area contributed by atoms with E-state index in [0.717, 1.165) is 36.6 Å². The number of hydrogen-bond acceptors (Lipinski definition) is 1. The van der Waals surface area contributed by atoms with Crippen LogP contribution in [0.4, 0.5) is 0 Å². The normalized spacial score (nSPS) is 58.7. The van der Waals surface area contributed by atoms with Crippen LogP contribution in [0.15, 0.2) is 0 Å². The largest absolute Gasteiger partial charge is 0.355 e. The molecule has 0 aromatic rings. The summed E-state index contributed by atoms with van der Waals surface area (Å²) < 4.78 is 0. The van der Waals surface area contributed by atoms with Crippen LogP contribution >= 0.6 is 0 Å². The molecule has 2 bridgehead atoms. The van der Waals surface area contributed by atoms with Crippen molar-refractivity contribution >= 4 is 5.91 Å². The van der Waals surface area contributed by atoms with Crippen molar-refractivity contribution in [3.8, 4) is 0 Å². The maximum atomic E-state index is 11.4. The van der Waals surface area contributed by atoms with Crippen molar-refractivity contribution in [2.24, 2.45) is 29.1 Å². The van der Waals surface area contributed by atoms with E-state index in [1.807, 2.05) is 0 Å². The number of rotatable bonds is 0. The highest BCUT2D eigenvalue weighted by Crippen LogP contribution is 2.71. The highest BCUT2D eigenvalue weighted by atomic mass is 16.1. The molecule has 1 heterocycles. The zero-order chi connectivity index (χ0) is 9.34. The predicted octanol–water partition coefficient (Wildman–Crippen LogP) is 1.56. The molecule has 4 fully saturated rings. The minimum Gasteiger partial charge on any atom is -0.355 e. The van der Waals surface area contributed by atoms with Gasteiger partial charge in [-0.2, -0.15) is 0 Å². The van der Waals surface area contributed by atoms with Gasteiger partial charge in [0.2, 0.25) is 5.91 Å². The predicted molar refractivity (Wildman–Crippen MR) is 52.5 cm³/mol. The van der Waals surface area contributed by atoms with Gasteiger partial charge in [0.05, 0.1) is 0 Å². The summed E-state index contributed by atoms with van der Waals surface area (Å²) >= 11 is 0. The first-order chi connectivity index (χ1) is 6.79. The number of carbonyl (C=O) groups is 1. The van der Waals surface area contributed by atoms with Gasteiger partial charge >= 0.3 is 0 Å². The van der Waals surface area contributed by atoms with Gasteiger partial charge in [0.15, 0.2) is 0 Å². The maximum Gasteiger partial charge on any atom is 0.220 e. The summed E-state index contributed by atoms with van der Waals surface area (Å²) in [6.45, 7) is 1.00. The first-order valence-electron chi connectivity index (χ1n) is 6.06. The summed E-state index contributed by atoms with van der Waals surface area (Å²) in [5.41, 5.74) is 0.438. The average Bonchev–Trinajstić information content (AvgIpc) is 2.64. The molecular formula is C12H17NO. The van der Waals surface area contributed by atoms with Crippen LogP contribution in [0.25, 0.3) is 0 Å². The number of amides is 1. The van der Waals surface area contributed by atoms with Crippen LogP contribution in [-0.4, -0.2) is 12.5 Å². The molecule has 3 saturated carbocycles. The molecule has 4 rings (SSSR count). The van der Waals surface area contributed by atoms with Crippen molar-refractivity contribution in [2.45, 2.75) is 32.1 Å². The topological polar surface area (TPSA) is 29.1 Å². The van der Waals surface area contributed by atoms with E-state index in [2.05, 4.69) is 5.32 Å². The van der Waals surface area contributed by atoms with E-state index in [1.165, 1.54) is 25.7 Å². The molecule has 14 heavy (non-hydrogen) atoms. The Kier molecular flexibility index (Phi) is 1.20. The molecule has 1 aliphatic heterocycles. The van der Waals surface area contributed by atoms with E-state index < -0.39 is 0 Å². The smallest absolute Gasteiger partial charge is 0.220 e. The Bertz CT molecular complexity index is 305. The Labute approximate surface area is 84.4 Å². The lowest BCUT2D eigenvalue weighted by Gasteiger charge is -2.57. The summed E-state index contributed by atoms with van der Waals surface area (Å²) in [4.78, 5) is 11.4. The second-order valence-corrected chi connectivity index (χ2v) is 5.98. The fourth-order valence-electron chi connectivity index (χ4n) is 5.23. The van der Waals surface area contributed by atoms with Crippen LogP contribution in [0.2, 0.25) is 0 Å². The van der Waals surface area contributed by atoms with Gasteiger partial charge in [-0.25, -0.2) is 0 Å². The number of carbonyl (C=O) groups excluding carboxylic acids is 1. The molecule has 0 aromatic heterocycles. The van der Waals surface area contributed by atoms with Crippen LogP contribution in [0, 0.1) is 29.1 Å². The summed E-state index contributed by atoms with van der Waals surface area (Å²) in [6, 6.07) is 0. The molecule has 76 valence electrons. The Balaban J connectivity index is 1.73. The van der Waals surface area contributed by atoms with Crippen LogP contribution in [0.1, 0.15) is 32.1 Å². The highest BCUT2D eigenvalue weighted by molar-refractivity contribution is 5.79. The molecule has 0 radical (unpaired) electrons. The third-order valence-corrected chi connectivity index (χ3v) is 5.69. The molecule has 2 nitrogen and oxygen atoms in total. The summed E-state index contributed by atoms with van der Waals surface area (Å²) in [7, 11) is 0. The lowest BCUT2D eigenvalue weighted by molar-refractivity contribution is -0.126. The van der Waals surface area contributed by atoms with Crippen molar-refractivity contribution in [1.82, 2.24) is 5.32 Å². The first kappa shape index (κ1) is 7.72. The number of fused-ring (bicyclic) bond motifs is 3.